The van der Waals surface area contributed by atoms with Crippen molar-refractivity contribution in [2.45, 2.75) is 39.2 Å². The second-order valence-corrected chi connectivity index (χ2v) is 5.67. The average molecular weight is 276 g/mol. The molecule has 1 aromatic rings. The molecule has 2 atom stereocenters. The first-order valence-electron chi connectivity index (χ1n) is 6.99. The van der Waals surface area contributed by atoms with Crippen molar-refractivity contribution in [2.75, 3.05) is 6.54 Å². The van der Waals surface area contributed by atoms with Gasteiger partial charge in [0.15, 0.2) is 5.78 Å². The number of ketones is 1. The van der Waals surface area contributed by atoms with E-state index in [1.165, 1.54) is 6.07 Å². The van der Waals surface area contributed by atoms with Gasteiger partial charge in [-0.25, -0.2) is 0 Å². The molecule has 108 valence electrons. The van der Waals surface area contributed by atoms with Gasteiger partial charge >= 0.3 is 0 Å². The third-order valence-corrected chi connectivity index (χ3v) is 3.92. The zero-order valence-electron chi connectivity index (χ0n) is 11.9. The van der Waals surface area contributed by atoms with Crippen LogP contribution < -0.4 is 5.32 Å². The van der Waals surface area contributed by atoms with Crippen LogP contribution in [-0.2, 0) is 0 Å². The highest BCUT2D eigenvalue weighted by atomic mass is 16.6. The summed E-state index contributed by atoms with van der Waals surface area (Å²) >= 11 is 0. The van der Waals surface area contributed by atoms with E-state index in [1.54, 1.807) is 19.1 Å². The SMILES string of the molecule is Cc1ccc(C(=O)CC2CC(C)CCN2)cc1[N+](=O)[O-]. The number of hydrogen-bond acceptors (Lipinski definition) is 4. The standard InChI is InChI=1S/C15H20N2O3/c1-10-5-6-16-13(7-10)9-15(18)12-4-3-11(2)14(8-12)17(19)20/h3-4,8,10,13,16H,5-7,9H2,1-2H3. The smallest absolute Gasteiger partial charge is 0.273 e. The van der Waals surface area contributed by atoms with Crippen molar-refractivity contribution >= 4 is 11.5 Å². The number of benzene rings is 1. The maximum Gasteiger partial charge on any atom is 0.273 e. The highest BCUT2D eigenvalue weighted by molar-refractivity contribution is 5.97. The Kier molecular flexibility index (Phi) is 4.49. The summed E-state index contributed by atoms with van der Waals surface area (Å²) in [5.74, 6) is 0.598. The Morgan fingerprint density at radius 2 is 2.25 bits per heavy atom. The molecule has 0 aliphatic carbocycles. The van der Waals surface area contributed by atoms with Gasteiger partial charge in [0.1, 0.15) is 0 Å². The van der Waals surface area contributed by atoms with Gasteiger partial charge in [-0.05, 0) is 32.2 Å². The molecule has 2 unspecified atom stereocenters. The number of piperidine rings is 1. The minimum absolute atomic E-state index is 0.0146. The van der Waals surface area contributed by atoms with Gasteiger partial charge < -0.3 is 5.32 Å². The van der Waals surface area contributed by atoms with Gasteiger partial charge in [0.25, 0.3) is 5.69 Å². The van der Waals surface area contributed by atoms with E-state index in [0.29, 0.717) is 23.5 Å². The minimum Gasteiger partial charge on any atom is -0.314 e. The zero-order valence-corrected chi connectivity index (χ0v) is 11.9. The summed E-state index contributed by atoms with van der Waals surface area (Å²) < 4.78 is 0. The maximum atomic E-state index is 12.2. The van der Waals surface area contributed by atoms with Gasteiger partial charge in [0.05, 0.1) is 4.92 Å². The lowest BCUT2D eigenvalue weighted by atomic mass is 9.90. The first kappa shape index (κ1) is 14.7. The fraction of sp³-hybridized carbons (Fsp3) is 0.533. The summed E-state index contributed by atoms with van der Waals surface area (Å²) in [5, 5.41) is 14.3. The quantitative estimate of drug-likeness (QED) is 0.521. The van der Waals surface area contributed by atoms with Crippen molar-refractivity contribution in [2.24, 2.45) is 5.92 Å². The number of nitrogens with zero attached hydrogens (tertiary/aromatic N) is 1. The topological polar surface area (TPSA) is 72.2 Å². The number of Topliss-reactive ketones (excluding diaryl/α,β-unsaturated/α-hetero) is 1. The number of rotatable bonds is 4. The molecule has 5 heteroatoms. The van der Waals surface area contributed by atoms with Crippen molar-refractivity contribution in [3.8, 4) is 0 Å². The van der Waals surface area contributed by atoms with Gasteiger partial charge in [0, 0.05) is 29.7 Å². The molecule has 1 fully saturated rings. The molecule has 0 bridgehead atoms. The van der Waals surface area contributed by atoms with Gasteiger partial charge in [-0.15, -0.1) is 0 Å². The van der Waals surface area contributed by atoms with Crippen molar-refractivity contribution in [3.05, 3.63) is 39.4 Å². The summed E-state index contributed by atoms with van der Waals surface area (Å²) in [6.07, 6.45) is 2.53. The fourth-order valence-corrected chi connectivity index (χ4v) is 2.70. The van der Waals surface area contributed by atoms with Crippen LogP contribution in [0.2, 0.25) is 0 Å². The van der Waals surface area contributed by atoms with Gasteiger partial charge in [0.2, 0.25) is 0 Å². The normalized spacial score (nSPS) is 22.5. The molecule has 20 heavy (non-hydrogen) atoms. The predicted molar refractivity (Wildman–Crippen MR) is 77.0 cm³/mol. The number of nitrogens with one attached hydrogen (secondary N) is 1. The van der Waals surface area contributed by atoms with Crippen molar-refractivity contribution in [1.29, 1.82) is 0 Å². The molecule has 0 aromatic heterocycles. The van der Waals surface area contributed by atoms with Crippen LogP contribution in [0, 0.1) is 23.0 Å². The Morgan fingerprint density at radius 3 is 2.90 bits per heavy atom. The van der Waals surface area contributed by atoms with Gasteiger partial charge in [-0.1, -0.05) is 19.1 Å². The fourth-order valence-electron chi connectivity index (χ4n) is 2.70. The van der Waals surface area contributed by atoms with Crippen LogP contribution in [0.4, 0.5) is 5.69 Å². The molecule has 0 saturated carbocycles. The molecule has 0 spiro atoms. The van der Waals surface area contributed by atoms with Crippen LogP contribution in [0.1, 0.15) is 42.1 Å². The lowest BCUT2D eigenvalue weighted by molar-refractivity contribution is -0.385. The number of carbonyl (C=O) groups excluding carboxylic acids is 1. The second kappa shape index (κ2) is 6.13. The highest BCUT2D eigenvalue weighted by Gasteiger charge is 2.22. The third kappa shape index (κ3) is 3.42. The van der Waals surface area contributed by atoms with Crippen LogP contribution in [0.15, 0.2) is 18.2 Å². The number of aryl methyl sites for hydroxylation is 1. The van der Waals surface area contributed by atoms with Gasteiger partial charge in [-0.2, -0.15) is 0 Å². The van der Waals surface area contributed by atoms with Crippen LogP contribution >= 0.6 is 0 Å². The van der Waals surface area contributed by atoms with Crippen LogP contribution in [-0.4, -0.2) is 23.3 Å². The number of nitro benzene ring substituents is 1. The molecular weight excluding hydrogens is 256 g/mol. The van der Waals surface area contributed by atoms with E-state index in [4.69, 9.17) is 0 Å². The molecule has 1 N–H and O–H groups in total. The molecule has 1 saturated heterocycles. The van der Waals surface area contributed by atoms with Crippen LogP contribution in [0.3, 0.4) is 0 Å². The lowest BCUT2D eigenvalue weighted by Crippen LogP contribution is -2.38. The lowest BCUT2D eigenvalue weighted by Gasteiger charge is -2.27. The van der Waals surface area contributed by atoms with Crippen molar-refractivity contribution in [3.63, 3.8) is 0 Å². The Morgan fingerprint density at radius 1 is 1.50 bits per heavy atom. The summed E-state index contributed by atoms with van der Waals surface area (Å²) in [4.78, 5) is 22.7. The first-order chi connectivity index (χ1) is 9.47. The molecular formula is C15H20N2O3. The van der Waals surface area contributed by atoms with Crippen molar-refractivity contribution in [1.82, 2.24) is 5.32 Å². The van der Waals surface area contributed by atoms with Crippen molar-refractivity contribution < 1.29 is 9.72 Å². The summed E-state index contributed by atoms with van der Waals surface area (Å²) in [6, 6.07) is 4.90. The van der Waals surface area contributed by atoms with E-state index in [0.717, 1.165) is 19.4 Å². The molecule has 1 aromatic carbocycles. The average Bonchev–Trinajstić information content (AvgIpc) is 2.38. The van der Waals surface area contributed by atoms with Crippen LogP contribution in [0.25, 0.3) is 0 Å². The minimum atomic E-state index is -0.437. The summed E-state index contributed by atoms with van der Waals surface area (Å²) in [7, 11) is 0. The first-order valence-corrected chi connectivity index (χ1v) is 6.99. The predicted octanol–water partition coefficient (Wildman–Crippen LogP) is 2.86. The van der Waals surface area contributed by atoms with E-state index < -0.39 is 4.92 Å². The molecule has 0 amide bonds. The van der Waals surface area contributed by atoms with Crippen LogP contribution in [0.5, 0.6) is 0 Å². The number of nitro groups is 1. The monoisotopic (exact) mass is 276 g/mol. The van der Waals surface area contributed by atoms with E-state index in [1.807, 2.05) is 0 Å². The maximum absolute atomic E-state index is 12.2. The third-order valence-electron chi connectivity index (χ3n) is 3.92. The molecule has 0 radical (unpaired) electrons. The van der Waals surface area contributed by atoms with E-state index in [9.17, 15) is 14.9 Å². The Balaban J connectivity index is 2.09. The highest BCUT2D eigenvalue weighted by Crippen LogP contribution is 2.22. The second-order valence-electron chi connectivity index (χ2n) is 5.67. The summed E-state index contributed by atoms with van der Waals surface area (Å²) in [5.41, 5.74) is 1.03. The summed E-state index contributed by atoms with van der Waals surface area (Å²) in [6.45, 7) is 4.80. The van der Waals surface area contributed by atoms with E-state index in [2.05, 4.69) is 12.2 Å². The molecule has 2 rings (SSSR count). The van der Waals surface area contributed by atoms with E-state index in [-0.39, 0.29) is 17.5 Å². The molecule has 1 aliphatic rings. The molecule has 1 heterocycles. The zero-order chi connectivity index (χ0) is 14.7. The number of hydrogen-bond donors (Lipinski definition) is 1. The van der Waals surface area contributed by atoms with E-state index >= 15 is 0 Å². The Hall–Kier alpha value is -1.75. The Bertz CT molecular complexity index is 528. The largest absolute Gasteiger partial charge is 0.314 e. The molecule has 1 aliphatic heterocycles. The van der Waals surface area contributed by atoms with Gasteiger partial charge in [-0.3, -0.25) is 14.9 Å². The Labute approximate surface area is 118 Å². The number of carbonyl (C=O) groups is 1. The molecule has 5 nitrogen and oxygen atoms in total.